The van der Waals surface area contributed by atoms with Crippen LogP contribution in [0.1, 0.15) is 13.3 Å². The van der Waals surface area contributed by atoms with Crippen LogP contribution < -0.4 is 0 Å². The first-order chi connectivity index (χ1) is 4.20. The molecule has 1 atom stereocenters. The first-order valence-corrected chi connectivity index (χ1v) is 4.39. The van der Waals surface area contributed by atoms with Gasteiger partial charge in [0, 0.05) is 3.58 Å². The summed E-state index contributed by atoms with van der Waals surface area (Å²) in [7, 11) is 0. The van der Waals surface area contributed by atoms with Gasteiger partial charge in [-0.1, -0.05) is 11.6 Å². The summed E-state index contributed by atoms with van der Waals surface area (Å²) in [5.41, 5.74) is 1.28. The van der Waals surface area contributed by atoms with Crippen molar-refractivity contribution in [3.8, 4) is 0 Å². The second kappa shape index (κ2) is 3.06. The summed E-state index contributed by atoms with van der Waals surface area (Å²) in [6.07, 6.45) is 5.27. The fraction of sp³-hybridized carbons (Fsp3) is 0.429. The third kappa shape index (κ3) is 1.97. The maximum atomic E-state index is 5.92. The van der Waals surface area contributed by atoms with E-state index in [1.54, 1.807) is 0 Å². The van der Waals surface area contributed by atoms with Crippen LogP contribution in [0.15, 0.2) is 21.3 Å². The van der Waals surface area contributed by atoms with Crippen molar-refractivity contribution in [2.75, 3.05) is 0 Å². The smallest absolute Gasteiger partial charge is 0.0580 e. The summed E-state index contributed by atoms with van der Waals surface area (Å²) < 4.78 is 1.31. The molecule has 0 bridgehead atoms. The predicted molar refractivity (Wildman–Crippen MR) is 50.1 cm³/mol. The van der Waals surface area contributed by atoms with Gasteiger partial charge in [-0.3, -0.25) is 0 Å². The van der Waals surface area contributed by atoms with E-state index < -0.39 is 0 Å². The van der Waals surface area contributed by atoms with Gasteiger partial charge >= 0.3 is 0 Å². The monoisotopic (exact) mass is 254 g/mol. The SMILES string of the molecule is CC1=CC(I)=CCC1Cl. The third-order valence-electron chi connectivity index (χ3n) is 1.38. The Hall–Kier alpha value is 0.500. The van der Waals surface area contributed by atoms with Crippen molar-refractivity contribution in [1.82, 2.24) is 0 Å². The molecule has 2 heteroatoms. The molecular formula is C7H8ClI. The Morgan fingerprint density at radius 3 is 2.89 bits per heavy atom. The van der Waals surface area contributed by atoms with E-state index in [-0.39, 0.29) is 5.38 Å². The topological polar surface area (TPSA) is 0 Å². The summed E-state index contributed by atoms with van der Waals surface area (Å²) >= 11 is 8.22. The minimum atomic E-state index is 0.239. The van der Waals surface area contributed by atoms with Gasteiger partial charge in [0.25, 0.3) is 0 Å². The highest BCUT2D eigenvalue weighted by atomic mass is 127. The molecule has 0 N–H and O–H groups in total. The molecular weight excluding hydrogens is 246 g/mol. The quantitative estimate of drug-likeness (QED) is 0.460. The maximum Gasteiger partial charge on any atom is 0.0580 e. The van der Waals surface area contributed by atoms with Crippen LogP contribution in [-0.4, -0.2) is 5.38 Å². The highest BCUT2D eigenvalue weighted by molar-refractivity contribution is 14.1. The van der Waals surface area contributed by atoms with E-state index in [0.717, 1.165) is 6.42 Å². The molecule has 0 nitrogen and oxygen atoms in total. The number of hydrogen-bond acceptors (Lipinski definition) is 0. The zero-order valence-corrected chi connectivity index (χ0v) is 8.11. The molecule has 0 aliphatic heterocycles. The molecule has 0 aromatic rings. The van der Waals surface area contributed by atoms with Crippen LogP contribution in [0.4, 0.5) is 0 Å². The average Bonchev–Trinajstić information content (AvgIpc) is 1.80. The van der Waals surface area contributed by atoms with E-state index >= 15 is 0 Å². The van der Waals surface area contributed by atoms with Gasteiger partial charge in [0.15, 0.2) is 0 Å². The number of halogens is 2. The van der Waals surface area contributed by atoms with Crippen LogP contribution in [0.5, 0.6) is 0 Å². The maximum absolute atomic E-state index is 5.92. The minimum absolute atomic E-state index is 0.239. The Balaban J connectivity index is 2.74. The number of alkyl halides is 1. The minimum Gasteiger partial charge on any atom is -0.118 e. The molecule has 0 fully saturated rings. The molecule has 50 valence electrons. The van der Waals surface area contributed by atoms with Gasteiger partial charge in [0.05, 0.1) is 5.38 Å². The van der Waals surface area contributed by atoms with Crippen molar-refractivity contribution in [1.29, 1.82) is 0 Å². The van der Waals surface area contributed by atoms with Crippen molar-refractivity contribution in [2.45, 2.75) is 18.7 Å². The zero-order valence-electron chi connectivity index (χ0n) is 5.20. The van der Waals surface area contributed by atoms with Crippen LogP contribution in [0.25, 0.3) is 0 Å². The lowest BCUT2D eigenvalue weighted by molar-refractivity contribution is 0.969. The van der Waals surface area contributed by atoms with Crippen molar-refractivity contribution in [3.63, 3.8) is 0 Å². The lowest BCUT2D eigenvalue weighted by atomic mass is 10.1. The molecule has 1 unspecified atom stereocenters. The van der Waals surface area contributed by atoms with Crippen molar-refractivity contribution >= 4 is 34.2 Å². The van der Waals surface area contributed by atoms with E-state index in [4.69, 9.17) is 11.6 Å². The van der Waals surface area contributed by atoms with E-state index in [1.165, 1.54) is 9.15 Å². The zero-order chi connectivity index (χ0) is 6.85. The highest BCUT2D eigenvalue weighted by Crippen LogP contribution is 2.24. The number of rotatable bonds is 0. The lowest BCUT2D eigenvalue weighted by Gasteiger charge is -2.11. The molecule has 0 amide bonds. The fourth-order valence-electron chi connectivity index (χ4n) is 0.769. The Morgan fingerprint density at radius 2 is 2.44 bits per heavy atom. The summed E-state index contributed by atoms with van der Waals surface area (Å²) in [5.74, 6) is 0. The molecule has 0 spiro atoms. The summed E-state index contributed by atoms with van der Waals surface area (Å²) in [6, 6.07) is 0. The lowest BCUT2D eigenvalue weighted by Crippen LogP contribution is -2.01. The molecule has 0 aromatic carbocycles. The van der Waals surface area contributed by atoms with Crippen LogP contribution in [-0.2, 0) is 0 Å². The molecule has 1 aliphatic carbocycles. The predicted octanol–water partition coefficient (Wildman–Crippen LogP) is 3.26. The van der Waals surface area contributed by atoms with Crippen molar-refractivity contribution in [2.24, 2.45) is 0 Å². The Labute approximate surface area is 74.1 Å². The third-order valence-corrected chi connectivity index (χ3v) is 2.65. The number of hydrogen-bond donors (Lipinski definition) is 0. The fourth-order valence-corrected chi connectivity index (χ4v) is 1.67. The summed E-state index contributed by atoms with van der Waals surface area (Å²) in [5, 5.41) is 0.239. The molecule has 1 rings (SSSR count). The van der Waals surface area contributed by atoms with E-state index in [1.807, 2.05) is 0 Å². The Kier molecular flexibility index (Phi) is 2.59. The molecule has 0 radical (unpaired) electrons. The molecule has 9 heavy (non-hydrogen) atoms. The molecule has 0 saturated carbocycles. The normalized spacial score (nSPS) is 27.2. The first-order valence-electron chi connectivity index (χ1n) is 2.88. The first kappa shape index (κ1) is 7.61. The Bertz CT molecular complexity index is 170. The molecule has 0 aromatic heterocycles. The van der Waals surface area contributed by atoms with Gasteiger partial charge in [-0.15, -0.1) is 11.6 Å². The molecule has 0 saturated heterocycles. The van der Waals surface area contributed by atoms with Crippen LogP contribution >= 0.6 is 34.2 Å². The largest absolute Gasteiger partial charge is 0.118 e. The van der Waals surface area contributed by atoms with Crippen LogP contribution in [0, 0.1) is 0 Å². The molecule has 0 heterocycles. The van der Waals surface area contributed by atoms with Crippen molar-refractivity contribution in [3.05, 3.63) is 21.3 Å². The van der Waals surface area contributed by atoms with Gasteiger partial charge < -0.3 is 0 Å². The van der Waals surface area contributed by atoms with Gasteiger partial charge in [0.1, 0.15) is 0 Å². The van der Waals surface area contributed by atoms with Gasteiger partial charge in [-0.2, -0.15) is 0 Å². The van der Waals surface area contributed by atoms with Gasteiger partial charge in [0.2, 0.25) is 0 Å². The standard InChI is InChI=1S/C7H8ClI/c1-5-4-6(9)2-3-7(5)8/h2,4,7H,3H2,1H3. The highest BCUT2D eigenvalue weighted by Gasteiger charge is 2.08. The van der Waals surface area contributed by atoms with Crippen LogP contribution in [0.3, 0.4) is 0 Å². The van der Waals surface area contributed by atoms with Crippen molar-refractivity contribution < 1.29 is 0 Å². The number of allylic oxidation sites excluding steroid dienone is 4. The summed E-state index contributed by atoms with van der Waals surface area (Å²) in [6.45, 7) is 2.07. The van der Waals surface area contributed by atoms with Crippen LogP contribution in [0.2, 0.25) is 0 Å². The van der Waals surface area contributed by atoms with Gasteiger partial charge in [-0.25, -0.2) is 0 Å². The van der Waals surface area contributed by atoms with E-state index in [2.05, 4.69) is 41.7 Å². The average molecular weight is 254 g/mol. The second-order valence-corrected chi connectivity index (χ2v) is 3.95. The van der Waals surface area contributed by atoms with E-state index in [9.17, 15) is 0 Å². The van der Waals surface area contributed by atoms with E-state index in [0.29, 0.717) is 0 Å². The summed E-state index contributed by atoms with van der Waals surface area (Å²) in [4.78, 5) is 0. The Morgan fingerprint density at radius 1 is 1.78 bits per heavy atom. The second-order valence-electron chi connectivity index (χ2n) is 2.18. The van der Waals surface area contributed by atoms with Gasteiger partial charge in [-0.05, 0) is 42.0 Å². The molecule has 1 aliphatic rings.